The van der Waals surface area contributed by atoms with E-state index in [1.165, 1.54) is 0 Å². The second-order valence-corrected chi connectivity index (χ2v) is 26.8. The van der Waals surface area contributed by atoms with E-state index in [0.29, 0.717) is 40.0 Å². The van der Waals surface area contributed by atoms with Crippen LogP contribution in [0.4, 0.5) is 0 Å². The molecule has 0 saturated carbocycles. The minimum atomic E-state index is 0.445. The SMILES string of the molecule is N#Cc1c(-n2c3ccccc3c3c4c(c5ccccc5n4-c4ccccc4)c4c(c5ccccc5n4-c4ccccc4)c32)cc(-c2nc(-c3ccccc3)nc(-c3ccccc3)n2)cc1-n1c2ccccc2c2c3c(c4ccccc4n3-c3ccccc3)c3c(c4ccccc4n3-c3ccccc3)c21. The van der Waals surface area contributed by atoms with Gasteiger partial charge < -0.3 is 27.4 Å². The molecule has 0 spiro atoms. The van der Waals surface area contributed by atoms with Gasteiger partial charge in [-0.05, 0) is 97.1 Å². The third-order valence-electron chi connectivity index (χ3n) is 21.4. The van der Waals surface area contributed by atoms with E-state index < -0.39 is 0 Å². The predicted octanol–water partition coefficient (Wildman–Crippen LogP) is 23.3. The largest absolute Gasteiger partial charge is 0.308 e. The Labute approximate surface area is 594 Å². The predicted molar refractivity (Wildman–Crippen MR) is 427 cm³/mol. The molecule has 0 aliphatic heterocycles. The Morgan fingerprint density at radius 2 is 0.413 bits per heavy atom. The Balaban J connectivity index is 0.998. The van der Waals surface area contributed by atoms with E-state index in [2.05, 4.69) is 337 Å². The van der Waals surface area contributed by atoms with Crippen LogP contribution >= 0.6 is 0 Å². The number of nitrogens with zero attached hydrogens (tertiary/aromatic N) is 10. The van der Waals surface area contributed by atoms with Gasteiger partial charge >= 0.3 is 0 Å². The molecular weight excluding hydrogens is 1270 g/mol. The van der Waals surface area contributed by atoms with Crippen molar-refractivity contribution < 1.29 is 0 Å². The summed E-state index contributed by atoms with van der Waals surface area (Å²) in [6, 6.07) is 124. The summed E-state index contributed by atoms with van der Waals surface area (Å²) in [6.07, 6.45) is 0. The van der Waals surface area contributed by atoms with Crippen molar-refractivity contribution in [2.45, 2.75) is 0 Å². The standard InChI is InChI=1S/C94H56N10/c95-57-71-78(103-76-53-29-23-47-69(76)84-88-80(65-43-19-25-49-72(65)99(88)61-35-11-3-12-36-61)86-82(90(84)103)67-45-21-27-51-74(67)101(86)63-39-15-5-16-40-63)55-60(94-97-92(58-31-7-1-8-32-58)96-93(98-94)59-33-9-2-10-34-59)56-79(71)104-77-54-30-24-48-70(77)85-89-81(66-44-20-26-50-73(66)100(89)62-37-13-4-14-38-62)87-83(91(85)104)68-46-22-28-52-75(68)102(87)64-41-17-6-18-42-64/h1-56H. The van der Waals surface area contributed by atoms with Gasteiger partial charge in [0.25, 0.3) is 0 Å². The summed E-state index contributed by atoms with van der Waals surface area (Å²) in [5.74, 6) is 1.49. The molecule has 22 aromatic rings. The van der Waals surface area contributed by atoms with Crippen LogP contribution in [-0.4, -0.2) is 42.4 Å². The quantitative estimate of drug-likeness (QED) is 0.144. The molecule has 482 valence electrons. The van der Waals surface area contributed by atoms with Gasteiger partial charge in [-0.15, -0.1) is 0 Å². The Morgan fingerprint density at radius 3 is 0.663 bits per heavy atom. The number of nitriles is 1. The van der Waals surface area contributed by atoms with Crippen molar-refractivity contribution >= 4 is 131 Å². The smallest absolute Gasteiger partial charge is 0.164 e. The van der Waals surface area contributed by atoms with E-state index in [9.17, 15) is 5.26 Å². The number of fused-ring (bicyclic) bond motifs is 24. The first-order valence-electron chi connectivity index (χ1n) is 35.2. The second-order valence-electron chi connectivity index (χ2n) is 26.8. The number of hydrogen-bond donors (Lipinski definition) is 0. The molecule has 0 fully saturated rings. The third kappa shape index (κ3) is 8.05. The van der Waals surface area contributed by atoms with Gasteiger partial charge in [0.15, 0.2) is 17.5 Å². The molecule has 7 aromatic heterocycles. The second kappa shape index (κ2) is 22.3. The molecule has 15 aromatic carbocycles. The molecule has 0 unspecified atom stereocenters. The fourth-order valence-corrected chi connectivity index (χ4v) is 17.3. The number of rotatable bonds is 9. The van der Waals surface area contributed by atoms with Crippen LogP contribution in [0.15, 0.2) is 340 Å². The summed E-state index contributed by atoms with van der Waals surface area (Å²) >= 11 is 0. The van der Waals surface area contributed by atoms with E-state index in [1.54, 1.807) is 0 Å². The lowest BCUT2D eigenvalue weighted by atomic mass is 10.0. The maximum absolute atomic E-state index is 13.2. The summed E-state index contributed by atoms with van der Waals surface area (Å²) < 4.78 is 14.7. The molecule has 10 nitrogen and oxygen atoms in total. The molecule has 0 saturated heterocycles. The molecule has 22 rings (SSSR count). The van der Waals surface area contributed by atoms with Crippen LogP contribution in [0.5, 0.6) is 0 Å². The van der Waals surface area contributed by atoms with Crippen LogP contribution in [0.3, 0.4) is 0 Å². The van der Waals surface area contributed by atoms with Crippen LogP contribution in [0.2, 0.25) is 0 Å². The maximum atomic E-state index is 13.2. The molecule has 0 aliphatic rings. The highest BCUT2D eigenvalue weighted by Gasteiger charge is 2.34. The molecule has 0 N–H and O–H groups in total. The van der Waals surface area contributed by atoms with Gasteiger partial charge in [0.2, 0.25) is 0 Å². The summed E-state index contributed by atoms with van der Waals surface area (Å²) in [4.78, 5) is 16.5. The zero-order valence-electron chi connectivity index (χ0n) is 55.8. The van der Waals surface area contributed by atoms with Crippen molar-refractivity contribution in [1.82, 2.24) is 42.4 Å². The van der Waals surface area contributed by atoms with Crippen molar-refractivity contribution in [2.24, 2.45) is 0 Å². The van der Waals surface area contributed by atoms with Gasteiger partial charge in [0.1, 0.15) is 11.6 Å². The Morgan fingerprint density at radius 1 is 0.212 bits per heavy atom. The normalized spacial score (nSPS) is 12.0. The first-order chi connectivity index (χ1) is 51.7. The summed E-state index contributed by atoms with van der Waals surface area (Å²) in [5, 5.41) is 26.1. The van der Waals surface area contributed by atoms with Crippen LogP contribution in [-0.2, 0) is 0 Å². The van der Waals surface area contributed by atoms with Crippen LogP contribution in [0, 0.1) is 11.3 Å². The van der Waals surface area contributed by atoms with Crippen molar-refractivity contribution in [3.8, 4) is 74.4 Å². The Hall–Kier alpha value is -14.4. The summed E-state index contributed by atoms with van der Waals surface area (Å²) in [7, 11) is 0. The monoisotopic (exact) mass is 1320 g/mol. The van der Waals surface area contributed by atoms with Gasteiger partial charge in [-0.25, -0.2) is 15.0 Å². The molecule has 0 atom stereocenters. The fourth-order valence-electron chi connectivity index (χ4n) is 17.3. The molecule has 0 bridgehead atoms. The highest BCUT2D eigenvalue weighted by Crippen LogP contribution is 2.54. The molecule has 10 heteroatoms. The van der Waals surface area contributed by atoms with Crippen LogP contribution in [0.1, 0.15) is 5.56 Å². The fraction of sp³-hybridized carbons (Fsp3) is 0. The van der Waals surface area contributed by atoms with E-state index in [-0.39, 0.29) is 0 Å². The number of hydrogen-bond acceptors (Lipinski definition) is 4. The highest BCUT2D eigenvalue weighted by atomic mass is 15.1. The first kappa shape index (κ1) is 57.5. The van der Waals surface area contributed by atoms with Gasteiger partial charge in [0.05, 0.1) is 77.6 Å². The number of aromatic nitrogens is 9. The van der Waals surface area contributed by atoms with E-state index in [0.717, 1.165) is 165 Å². The summed E-state index contributed by atoms with van der Waals surface area (Å²) in [6.45, 7) is 0. The van der Waals surface area contributed by atoms with E-state index in [1.807, 2.05) is 36.4 Å². The average molecular weight is 1330 g/mol. The summed E-state index contributed by atoms with van der Waals surface area (Å²) in [5.41, 5.74) is 20.5. The van der Waals surface area contributed by atoms with Gasteiger partial charge in [-0.2, -0.15) is 5.26 Å². The Kier molecular flexibility index (Phi) is 12.3. The van der Waals surface area contributed by atoms with Crippen molar-refractivity contribution in [2.75, 3.05) is 0 Å². The minimum absolute atomic E-state index is 0.445. The Bertz CT molecular complexity index is 6810. The number of para-hydroxylation sites is 10. The van der Waals surface area contributed by atoms with Gasteiger partial charge in [-0.1, -0.05) is 243 Å². The lowest BCUT2D eigenvalue weighted by Gasteiger charge is -2.19. The van der Waals surface area contributed by atoms with Crippen LogP contribution in [0.25, 0.3) is 199 Å². The molecule has 7 heterocycles. The van der Waals surface area contributed by atoms with Crippen molar-refractivity contribution in [1.29, 1.82) is 5.26 Å². The molecule has 0 amide bonds. The molecule has 0 radical (unpaired) electrons. The van der Waals surface area contributed by atoms with Crippen molar-refractivity contribution in [3.05, 3.63) is 345 Å². The number of benzene rings is 15. The van der Waals surface area contributed by atoms with Gasteiger partial charge in [0, 0.05) is 104 Å². The molecular formula is C94H56N10. The third-order valence-corrected chi connectivity index (χ3v) is 21.4. The van der Waals surface area contributed by atoms with E-state index >= 15 is 0 Å². The minimum Gasteiger partial charge on any atom is -0.308 e. The van der Waals surface area contributed by atoms with Crippen LogP contribution < -0.4 is 0 Å². The van der Waals surface area contributed by atoms with Gasteiger partial charge in [-0.3, -0.25) is 0 Å². The molecule has 0 aliphatic carbocycles. The molecule has 104 heavy (non-hydrogen) atoms. The highest BCUT2D eigenvalue weighted by molar-refractivity contribution is 6.42. The average Bonchev–Trinajstić information content (AvgIpc) is 1.51. The lowest BCUT2D eigenvalue weighted by Crippen LogP contribution is -2.07. The van der Waals surface area contributed by atoms with E-state index in [4.69, 9.17) is 15.0 Å². The zero-order valence-corrected chi connectivity index (χ0v) is 55.8. The zero-order chi connectivity index (χ0) is 68.3. The maximum Gasteiger partial charge on any atom is 0.164 e. The van der Waals surface area contributed by atoms with Crippen molar-refractivity contribution in [3.63, 3.8) is 0 Å². The first-order valence-corrected chi connectivity index (χ1v) is 35.2. The lowest BCUT2D eigenvalue weighted by molar-refractivity contribution is 1.06. The topological polar surface area (TPSA) is 92.0 Å².